The Labute approximate surface area is 112 Å². The van der Waals surface area contributed by atoms with Gasteiger partial charge in [-0.2, -0.15) is 0 Å². The topological polar surface area (TPSA) is 24.1 Å². The van der Waals surface area contributed by atoms with E-state index in [1.54, 1.807) is 0 Å². The lowest BCUT2D eigenvalue weighted by atomic mass is 10.2. The van der Waals surface area contributed by atoms with Gasteiger partial charge in [-0.3, -0.25) is 0 Å². The summed E-state index contributed by atoms with van der Waals surface area (Å²) in [7, 11) is 0. The lowest BCUT2D eigenvalue weighted by Crippen LogP contribution is -2.22. The molecule has 1 aromatic carbocycles. The van der Waals surface area contributed by atoms with Crippen molar-refractivity contribution in [1.82, 2.24) is 10.6 Å². The zero-order valence-electron chi connectivity index (χ0n) is 10.5. The minimum Gasteiger partial charge on any atom is -0.317 e. The second-order valence-electron chi connectivity index (χ2n) is 4.14. The normalized spacial score (nSPS) is 10.9. The molecular weight excluding hydrogens is 258 g/mol. The van der Waals surface area contributed by atoms with Gasteiger partial charge < -0.3 is 10.6 Å². The van der Waals surface area contributed by atoms with Crippen LogP contribution in [0, 0.1) is 11.6 Å². The van der Waals surface area contributed by atoms with Crippen LogP contribution in [-0.4, -0.2) is 19.6 Å². The fourth-order valence-corrected chi connectivity index (χ4v) is 1.71. The molecular formula is C13H19ClF2N2. The van der Waals surface area contributed by atoms with E-state index in [0.29, 0.717) is 12.1 Å². The molecule has 0 heterocycles. The molecule has 0 aliphatic rings. The number of nitrogens with one attached hydrogen (secondary N) is 2. The van der Waals surface area contributed by atoms with Crippen LogP contribution in [0.3, 0.4) is 0 Å². The Bertz CT molecular complexity index is 372. The third kappa shape index (κ3) is 5.29. The maximum atomic E-state index is 13.4. The summed E-state index contributed by atoms with van der Waals surface area (Å²) in [6.45, 7) is 5.13. The van der Waals surface area contributed by atoms with Gasteiger partial charge in [0.1, 0.15) is 11.6 Å². The van der Waals surface area contributed by atoms with Gasteiger partial charge in [0.2, 0.25) is 0 Å². The summed E-state index contributed by atoms with van der Waals surface area (Å²) in [5, 5.41) is 6.17. The van der Waals surface area contributed by atoms with Gasteiger partial charge in [-0.15, -0.1) is 0 Å². The molecule has 1 aromatic rings. The highest BCUT2D eigenvalue weighted by molar-refractivity contribution is 6.30. The van der Waals surface area contributed by atoms with Gasteiger partial charge in [0.15, 0.2) is 0 Å². The first-order valence-corrected chi connectivity index (χ1v) is 6.57. The fourth-order valence-electron chi connectivity index (χ4n) is 1.56. The molecule has 0 aliphatic carbocycles. The second kappa shape index (κ2) is 8.40. The summed E-state index contributed by atoms with van der Waals surface area (Å²) < 4.78 is 26.5. The van der Waals surface area contributed by atoms with Crippen molar-refractivity contribution in [3.63, 3.8) is 0 Å². The average Bonchev–Trinajstić information content (AvgIpc) is 2.34. The van der Waals surface area contributed by atoms with Crippen LogP contribution < -0.4 is 10.6 Å². The highest BCUT2D eigenvalue weighted by Gasteiger charge is 2.07. The monoisotopic (exact) mass is 276 g/mol. The molecule has 0 fully saturated rings. The molecule has 1 rings (SSSR count). The van der Waals surface area contributed by atoms with Gasteiger partial charge in [-0.25, -0.2) is 8.78 Å². The molecule has 0 saturated carbocycles. The molecule has 0 unspecified atom stereocenters. The van der Waals surface area contributed by atoms with Gasteiger partial charge in [0.05, 0.1) is 5.02 Å². The van der Waals surface area contributed by atoms with E-state index in [1.165, 1.54) is 0 Å². The predicted molar refractivity (Wildman–Crippen MR) is 70.9 cm³/mol. The summed E-state index contributed by atoms with van der Waals surface area (Å²) in [5.41, 5.74) is 0.304. The molecule has 2 nitrogen and oxygen atoms in total. The van der Waals surface area contributed by atoms with Gasteiger partial charge >= 0.3 is 0 Å². The van der Waals surface area contributed by atoms with Gasteiger partial charge in [-0.1, -0.05) is 18.5 Å². The van der Waals surface area contributed by atoms with Crippen LogP contribution in [0.1, 0.15) is 25.3 Å². The fraction of sp³-hybridized carbons (Fsp3) is 0.538. The largest absolute Gasteiger partial charge is 0.317 e. The van der Waals surface area contributed by atoms with E-state index in [2.05, 4.69) is 17.6 Å². The van der Waals surface area contributed by atoms with Crippen molar-refractivity contribution in [3.05, 3.63) is 34.4 Å². The summed E-state index contributed by atoms with van der Waals surface area (Å²) in [6, 6.07) is 2.15. The molecule has 0 aliphatic heterocycles. The van der Waals surface area contributed by atoms with Crippen molar-refractivity contribution >= 4 is 11.6 Å². The molecule has 0 radical (unpaired) electrons. The van der Waals surface area contributed by atoms with E-state index in [-0.39, 0.29) is 5.02 Å². The third-order valence-electron chi connectivity index (χ3n) is 2.54. The first kappa shape index (κ1) is 15.3. The summed E-state index contributed by atoms with van der Waals surface area (Å²) in [6.07, 6.45) is 2.07. The minimum absolute atomic E-state index is 0.181. The highest BCUT2D eigenvalue weighted by atomic mass is 35.5. The van der Waals surface area contributed by atoms with E-state index in [1.807, 2.05) is 0 Å². The quantitative estimate of drug-likeness (QED) is 0.563. The highest BCUT2D eigenvalue weighted by Crippen LogP contribution is 2.19. The van der Waals surface area contributed by atoms with Crippen molar-refractivity contribution in [2.24, 2.45) is 0 Å². The van der Waals surface area contributed by atoms with Crippen molar-refractivity contribution < 1.29 is 8.78 Å². The van der Waals surface area contributed by atoms with E-state index in [9.17, 15) is 8.78 Å². The maximum Gasteiger partial charge on any atom is 0.142 e. The molecule has 0 atom stereocenters. The molecule has 102 valence electrons. The standard InChI is InChI=1S/C13H19ClF2N2/c1-2-4-17-5-3-6-18-9-10-7-13(16)11(14)8-12(10)15/h7-8,17-18H,2-6,9H2,1H3. The molecule has 0 spiro atoms. The van der Waals surface area contributed by atoms with Gasteiger partial charge in [0, 0.05) is 12.1 Å². The Morgan fingerprint density at radius 1 is 1.06 bits per heavy atom. The van der Waals surface area contributed by atoms with E-state index >= 15 is 0 Å². The van der Waals surface area contributed by atoms with Crippen LogP contribution in [0.4, 0.5) is 8.78 Å². The van der Waals surface area contributed by atoms with Crippen molar-refractivity contribution in [1.29, 1.82) is 0 Å². The SMILES string of the molecule is CCCNCCCNCc1cc(F)c(Cl)cc1F. The number of halogens is 3. The lowest BCUT2D eigenvalue weighted by Gasteiger charge is -2.07. The average molecular weight is 277 g/mol. The molecule has 0 amide bonds. The van der Waals surface area contributed by atoms with Crippen molar-refractivity contribution in [2.45, 2.75) is 26.3 Å². The van der Waals surface area contributed by atoms with Gasteiger partial charge in [0.25, 0.3) is 0 Å². The summed E-state index contributed by atoms with van der Waals surface area (Å²) >= 11 is 5.47. The number of rotatable bonds is 8. The zero-order chi connectivity index (χ0) is 13.4. The number of hydrogen-bond acceptors (Lipinski definition) is 2. The Morgan fingerprint density at radius 2 is 1.78 bits per heavy atom. The summed E-state index contributed by atoms with van der Waals surface area (Å²) in [5.74, 6) is -1.06. The Balaban J connectivity index is 2.25. The van der Waals surface area contributed by atoms with E-state index < -0.39 is 11.6 Å². The van der Waals surface area contributed by atoms with Crippen molar-refractivity contribution in [3.8, 4) is 0 Å². The van der Waals surface area contributed by atoms with Crippen LogP contribution >= 0.6 is 11.6 Å². The zero-order valence-corrected chi connectivity index (χ0v) is 11.3. The Hall–Kier alpha value is -0.710. The van der Waals surface area contributed by atoms with Crippen LogP contribution in [0.25, 0.3) is 0 Å². The van der Waals surface area contributed by atoms with Crippen LogP contribution in [0.5, 0.6) is 0 Å². The van der Waals surface area contributed by atoms with Crippen LogP contribution in [-0.2, 0) is 6.54 Å². The first-order chi connectivity index (χ1) is 8.65. The smallest absolute Gasteiger partial charge is 0.142 e. The number of benzene rings is 1. The molecule has 5 heteroatoms. The van der Waals surface area contributed by atoms with E-state index in [4.69, 9.17) is 11.6 Å². The molecule has 0 aromatic heterocycles. The van der Waals surface area contributed by atoms with Crippen LogP contribution in [0.15, 0.2) is 12.1 Å². The maximum absolute atomic E-state index is 13.4. The molecule has 2 N–H and O–H groups in total. The number of hydrogen-bond donors (Lipinski definition) is 2. The lowest BCUT2D eigenvalue weighted by molar-refractivity contribution is 0.556. The Kier molecular flexibility index (Phi) is 7.16. The third-order valence-corrected chi connectivity index (χ3v) is 2.83. The molecule has 0 saturated heterocycles. The van der Waals surface area contributed by atoms with E-state index in [0.717, 1.165) is 44.6 Å². The minimum atomic E-state index is -0.584. The second-order valence-corrected chi connectivity index (χ2v) is 4.55. The molecule has 18 heavy (non-hydrogen) atoms. The first-order valence-electron chi connectivity index (χ1n) is 6.20. The molecule has 0 bridgehead atoms. The Morgan fingerprint density at radius 3 is 2.50 bits per heavy atom. The van der Waals surface area contributed by atoms with Crippen LogP contribution in [0.2, 0.25) is 5.02 Å². The summed E-state index contributed by atoms with van der Waals surface area (Å²) in [4.78, 5) is 0. The van der Waals surface area contributed by atoms with Crippen molar-refractivity contribution in [2.75, 3.05) is 19.6 Å². The predicted octanol–water partition coefficient (Wildman–Crippen LogP) is 3.10. The van der Waals surface area contributed by atoms with Gasteiger partial charge in [-0.05, 0) is 44.6 Å².